The highest BCUT2D eigenvalue weighted by molar-refractivity contribution is 5.30. The van der Waals surface area contributed by atoms with E-state index in [4.69, 9.17) is 5.26 Å². The maximum atomic E-state index is 9.22. The van der Waals surface area contributed by atoms with E-state index in [2.05, 4.69) is 16.0 Å². The molecule has 0 aliphatic carbocycles. The van der Waals surface area contributed by atoms with Crippen LogP contribution in [0.1, 0.15) is 24.1 Å². The topological polar surface area (TPSA) is 60.2 Å². The molecular weight excluding hydrogens is 202 g/mol. The van der Waals surface area contributed by atoms with Gasteiger partial charge in [0.25, 0.3) is 0 Å². The van der Waals surface area contributed by atoms with Gasteiger partial charge in [0.1, 0.15) is 11.8 Å². The summed E-state index contributed by atoms with van der Waals surface area (Å²) in [6.07, 6.45) is 3.79. The van der Waals surface area contributed by atoms with Gasteiger partial charge in [0.2, 0.25) is 0 Å². The first-order chi connectivity index (χ1) is 7.85. The quantitative estimate of drug-likeness (QED) is 0.817. The number of rotatable bonds is 3. The minimum absolute atomic E-state index is 0.197. The zero-order valence-electron chi connectivity index (χ0n) is 9.13. The number of hydrogen-bond donors (Lipinski definition) is 1. The van der Waals surface area contributed by atoms with Crippen molar-refractivity contribution in [3.63, 3.8) is 0 Å². The lowest BCUT2D eigenvalue weighted by molar-refractivity contribution is 0.153. The van der Waals surface area contributed by atoms with E-state index in [0.29, 0.717) is 12.2 Å². The number of likely N-dealkylation sites (tertiary alicyclic amines) is 1. The smallest absolute Gasteiger partial charge is 0.144 e. The van der Waals surface area contributed by atoms with Crippen LogP contribution in [0.3, 0.4) is 0 Å². The third-order valence-corrected chi connectivity index (χ3v) is 3.08. The predicted octanol–water partition coefficient (Wildman–Crippen LogP) is 0.910. The third-order valence-electron chi connectivity index (χ3n) is 3.08. The van der Waals surface area contributed by atoms with E-state index >= 15 is 0 Å². The molecule has 2 heterocycles. The zero-order valence-corrected chi connectivity index (χ0v) is 9.13. The molecule has 1 unspecified atom stereocenters. The van der Waals surface area contributed by atoms with Crippen molar-refractivity contribution in [1.82, 2.24) is 9.88 Å². The summed E-state index contributed by atoms with van der Waals surface area (Å²) in [5, 5.41) is 18.2. The Morgan fingerprint density at radius 3 is 3.25 bits per heavy atom. The molecule has 1 fully saturated rings. The lowest BCUT2D eigenvalue weighted by atomic mass is 10.1. The van der Waals surface area contributed by atoms with E-state index in [1.165, 1.54) is 0 Å². The van der Waals surface area contributed by atoms with Crippen molar-refractivity contribution in [3.8, 4) is 6.07 Å². The van der Waals surface area contributed by atoms with Crippen molar-refractivity contribution in [2.24, 2.45) is 0 Å². The number of pyridine rings is 1. The van der Waals surface area contributed by atoms with E-state index < -0.39 is 0 Å². The summed E-state index contributed by atoms with van der Waals surface area (Å²) in [5.74, 6) is 0. The van der Waals surface area contributed by atoms with Gasteiger partial charge in [-0.1, -0.05) is 6.07 Å². The largest absolute Gasteiger partial charge is 0.395 e. The first kappa shape index (κ1) is 11.1. The van der Waals surface area contributed by atoms with Crippen molar-refractivity contribution in [2.75, 3.05) is 13.2 Å². The van der Waals surface area contributed by atoms with Gasteiger partial charge in [-0.3, -0.25) is 4.90 Å². The fourth-order valence-corrected chi connectivity index (χ4v) is 2.20. The number of aliphatic hydroxyl groups is 1. The number of hydrogen-bond acceptors (Lipinski definition) is 4. The highest BCUT2D eigenvalue weighted by Crippen LogP contribution is 2.20. The summed E-state index contributed by atoms with van der Waals surface area (Å²) in [6.45, 7) is 1.90. The molecule has 1 aromatic heterocycles. The molecule has 0 amide bonds. The van der Waals surface area contributed by atoms with E-state index in [0.717, 1.165) is 24.9 Å². The molecule has 1 aliphatic heterocycles. The molecule has 0 saturated carbocycles. The Bertz CT molecular complexity index is 399. The second-order valence-corrected chi connectivity index (χ2v) is 4.07. The van der Waals surface area contributed by atoms with Gasteiger partial charge in [-0.25, -0.2) is 4.98 Å². The lowest BCUT2D eigenvalue weighted by Gasteiger charge is -2.22. The minimum atomic E-state index is 0.197. The van der Waals surface area contributed by atoms with Crippen LogP contribution in [-0.2, 0) is 6.54 Å². The highest BCUT2D eigenvalue weighted by Gasteiger charge is 2.24. The fourth-order valence-electron chi connectivity index (χ4n) is 2.20. The molecule has 4 nitrogen and oxygen atoms in total. The molecule has 1 aliphatic rings. The molecule has 16 heavy (non-hydrogen) atoms. The highest BCUT2D eigenvalue weighted by atomic mass is 16.3. The zero-order chi connectivity index (χ0) is 11.4. The average molecular weight is 217 g/mol. The van der Waals surface area contributed by atoms with E-state index in [9.17, 15) is 5.11 Å². The van der Waals surface area contributed by atoms with Gasteiger partial charge in [-0.05, 0) is 25.5 Å². The minimum Gasteiger partial charge on any atom is -0.395 e. The number of nitrogens with zero attached hydrogens (tertiary/aromatic N) is 3. The van der Waals surface area contributed by atoms with Gasteiger partial charge < -0.3 is 5.11 Å². The molecule has 1 saturated heterocycles. The second-order valence-electron chi connectivity index (χ2n) is 4.07. The molecule has 1 atom stereocenters. The van der Waals surface area contributed by atoms with Gasteiger partial charge in [0.05, 0.1) is 6.61 Å². The van der Waals surface area contributed by atoms with Gasteiger partial charge in [0.15, 0.2) is 0 Å². The van der Waals surface area contributed by atoms with Crippen LogP contribution in [0.15, 0.2) is 18.3 Å². The standard InChI is InChI=1S/C12H15N3O/c13-7-12-10(3-1-5-14-12)8-15-6-2-4-11(15)9-16/h1,3,5,11,16H,2,4,6,8-9H2. The van der Waals surface area contributed by atoms with Gasteiger partial charge >= 0.3 is 0 Å². The Balaban J connectivity index is 2.12. The van der Waals surface area contributed by atoms with Crippen LogP contribution in [0.4, 0.5) is 0 Å². The first-order valence-corrected chi connectivity index (χ1v) is 5.54. The van der Waals surface area contributed by atoms with Crippen LogP contribution >= 0.6 is 0 Å². The Kier molecular flexibility index (Phi) is 3.50. The van der Waals surface area contributed by atoms with Gasteiger partial charge in [-0.2, -0.15) is 5.26 Å². The van der Waals surface area contributed by atoms with Crippen molar-refractivity contribution in [2.45, 2.75) is 25.4 Å². The van der Waals surface area contributed by atoms with Crippen LogP contribution in [0.5, 0.6) is 0 Å². The molecule has 84 valence electrons. The maximum absolute atomic E-state index is 9.22. The molecule has 0 aromatic carbocycles. The SMILES string of the molecule is N#Cc1ncccc1CN1CCCC1CO. The van der Waals surface area contributed by atoms with E-state index in [1.54, 1.807) is 6.20 Å². The molecule has 0 bridgehead atoms. The number of aliphatic hydroxyl groups excluding tert-OH is 1. The number of nitriles is 1. The fraction of sp³-hybridized carbons (Fsp3) is 0.500. The summed E-state index contributed by atoms with van der Waals surface area (Å²) in [6, 6.07) is 6.12. The maximum Gasteiger partial charge on any atom is 0.144 e. The Labute approximate surface area is 95.1 Å². The third kappa shape index (κ3) is 2.21. The monoisotopic (exact) mass is 217 g/mol. The Morgan fingerprint density at radius 2 is 2.50 bits per heavy atom. The summed E-state index contributed by atoms with van der Waals surface area (Å²) >= 11 is 0. The molecular formula is C12H15N3O. The number of aromatic nitrogens is 1. The van der Waals surface area contributed by atoms with Crippen LogP contribution in [-0.4, -0.2) is 34.2 Å². The Morgan fingerprint density at radius 1 is 1.62 bits per heavy atom. The summed E-state index contributed by atoms with van der Waals surface area (Å²) < 4.78 is 0. The van der Waals surface area contributed by atoms with Crippen LogP contribution < -0.4 is 0 Å². The molecule has 4 heteroatoms. The molecule has 1 aromatic rings. The normalized spacial score (nSPS) is 20.9. The van der Waals surface area contributed by atoms with Crippen molar-refractivity contribution < 1.29 is 5.11 Å². The van der Waals surface area contributed by atoms with Crippen LogP contribution in [0.25, 0.3) is 0 Å². The second kappa shape index (κ2) is 5.06. The van der Waals surface area contributed by atoms with E-state index in [1.807, 2.05) is 12.1 Å². The molecule has 0 spiro atoms. The van der Waals surface area contributed by atoms with Crippen LogP contribution in [0.2, 0.25) is 0 Å². The molecule has 2 rings (SSSR count). The van der Waals surface area contributed by atoms with E-state index in [-0.39, 0.29) is 12.6 Å². The molecule has 1 N–H and O–H groups in total. The Hall–Kier alpha value is -1.44. The van der Waals surface area contributed by atoms with Gasteiger partial charge in [0, 0.05) is 24.3 Å². The van der Waals surface area contributed by atoms with Crippen molar-refractivity contribution in [1.29, 1.82) is 5.26 Å². The molecule has 0 radical (unpaired) electrons. The van der Waals surface area contributed by atoms with Gasteiger partial charge in [-0.15, -0.1) is 0 Å². The van der Waals surface area contributed by atoms with Crippen molar-refractivity contribution >= 4 is 0 Å². The first-order valence-electron chi connectivity index (χ1n) is 5.54. The average Bonchev–Trinajstić information content (AvgIpc) is 2.77. The summed E-state index contributed by atoms with van der Waals surface area (Å²) in [7, 11) is 0. The lowest BCUT2D eigenvalue weighted by Crippen LogP contribution is -2.31. The van der Waals surface area contributed by atoms with Crippen molar-refractivity contribution in [3.05, 3.63) is 29.6 Å². The predicted molar refractivity (Wildman–Crippen MR) is 59.5 cm³/mol. The summed E-state index contributed by atoms with van der Waals surface area (Å²) in [4.78, 5) is 6.26. The van der Waals surface area contributed by atoms with Crippen LogP contribution in [0, 0.1) is 11.3 Å². The summed E-state index contributed by atoms with van der Waals surface area (Å²) in [5.41, 5.74) is 1.44.